The molecule has 98 valence electrons. The summed E-state index contributed by atoms with van der Waals surface area (Å²) in [5, 5.41) is 12.9. The lowest BCUT2D eigenvalue weighted by Gasteiger charge is -2.16. The molecule has 0 saturated heterocycles. The van der Waals surface area contributed by atoms with Gasteiger partial charge in [0, 0.05) is 17.5 Å². The molecule has 1 aliphatic carbocycles. The maximum absolute atomic E-state index is 11.2. The second-order valence-corrected chi connectivity index (χ2v) is 4.93. The molecule has 4 nitrogen and oxygen atoms in total. The molecule has 0 heterocycles. The molecule has 1 aromatic rings. The molecule has 1 aromatic carbocycles. The van der Waals surface area contributed by atoms with E-state index in [4.69, 9.17) is 16.3 Å². The van der Waals surface area contributed by atoms with Crippen molar-refractivity contribution in [2.24, 2.45) is 0 Å². The molecule has 1 aliphatic rings. The highest BCUT2D eigenvalue weighted by Gasteiger charge is 2.28. The number of carboxylic acid groups (broad SMARTS) is 1. The first-order chi connectivity index (χ1) is 8.60. The van der Waals surface area contributed by atoms with Crippen LogP contribution in [0.25, 0.3) is 0 Å². The van der Waals surface area contributed by atoms with Gasteiger partial charge in [-0.25, -0.2) is 0 Å². The van der Waals surface area contributed by atoms with E-state index in [1.165, 1.54) is 0 Å². The van der Waals surface area contributed by atoms with E-state index in [1.807, 2.05) is 0 Å². The Kier molecular flexibility index (Phi) is 4.09. The highest BCUT2D eigenvalue weighted by atomic mass is 35.5. The van der Waals surface area contributed by atoms with E-state index in [2.05, 4.69) is 5.32 Å². The molecule has 18 heavy (non-hydrogen) atoms. The maximum atomic E-state index is 11.2. The summed E-state index contributed by atoms with van der Waals surface area (Å²) in [5.41, 5.74) is 0.811. The van der Waals surface area contributed by atoms with Crippen LogP contribution in [-0.4, -0.2) is 30.3 Å². The molecule has 0 spiro atoms. The lowest BCUT2D eigenvalue weighted by atomic mass is 10.0. The first-order valence-corrected chi connectivity index (χ1v) is 6.29. The number of methoxy groups -OCH3 is 1. The van der Waals surface area contributed by atoms with Gasteiger partial charge >= 0.3 is 5.97 Å². The third-order valence-electron chi connectivity index (χ3n) is 2.98. The Hall–Kier alpha value is -1.26. The largest absolute Gasteiger partial charge is 0.496 e. The van der Waals surface area contributed by atoms with Gasteiger partial charge in [0.05, 0.1) is 7.11 Å². The number of hydrogen-bond acceptors (Lipinski definition) is 3. The second-order valence-electron chi connectivity index (χ2n) is 4.49. The van der Waals surface area contributed by atoms with E-state index in [-0.39, 0.29) is 0 Å². The van der Waals surface area contributed by atoms with Gasteiger partial charge in [0.25, 0.3) is 0 Å². The van der Waals surface area contributed by atoms with Crippen LogP contribution in [0.4, 0.5) is 0 Å². The van der Waals surface area contributed by atoms with Gasteiger partial charge in [-0.1, -0.05) is 11.6 Å². The summed E-state index contributed by atoms with van der Waals surface area (Å²) in [6.07, 6.45) is 2.47. The van der Waals surface area contributed by atoms with Crippen LogP contribution in [0.1, 0.15) is 18.4 Å². The Morgan fingerprint density at radius 3 is 2.89 bits per heavy atom. The van der Waals surface area contributed by atoms with Crippen LogP contribution in [0.3, 0.4) is 0 Å². The number of ether oxygens (including phenoxy) is 1. The Morgan fingerprint density at radius 2 is 2.33 bits per heavy atom. The van der Waals surface area contributed by atoms with E-state index in [1.54, 1.807) is 25.3 Å². The van der Waals surface area contributed by atoms with Crippen molar-refractivity contribution in [1.82, 2.24) is 5.32 Å². The fourth-order valence-electron chi connectivity index (χ4n) is 1.88. The highest BCUT2D eigenvalue weighted by molar-refractivity contribution is 6.30. The monoisotopic (exact) mass is 269 g/mol. The van der Waals surface area contributed by atoms with Gasteiger partial charge in [-0.15, -0.1) is 0 Å². The molecule has 1 unspecified atom stereocenters. The lowest BCUT2D eigenvalue weighted by Crippen LogP contribution is -2.39. The van der Waals surface area contributed by atoms with Crippen molar-refractivity contribution in [1.29, 1.82) is 0 Å². The predicted molar refractivity (Wildman–Crippen MR) is 69.3 cm³/mol. The van der Waals surface area contributed by atoms with Crippen molar-refractivity contribution in [3.8, 4) is 5.75 Å². The molecule has 0 bridgehead atoms. The SMILES string of the molecule is COc1ccc(Cl)cc1CC(NC1CC1)C(=O)O. The van der Waals surface area contributed by atoms with Crippen LogP contribution < -0.4 is 10.1 Å². The minimum atomic E-state index is -0.844. The van der Waals surface area contributed by atoms with Crippen molar-refractivity contribution in [2.45, 2.75) is 31.3 Å². The molecule has 2 rings (SSSR count). The Bertz CT molecular complexity index is 446. The quantitative estimate of drug-likeness (QED) is 0.830. The minimum absolute atomic E-state index is 0.344. The number of aliphatic carboxylic acids is 1. The number of carboxylic acids is 1. The minimum Gasteiger partial charge on any atom is -0.496 e. The molecule has 0 aliphatic heterocycles. The van der Waals surface area contributed by atoms with Gasteiger partial charge in [0.15, 0.2) is 0 Å². The molecule has 1 saturated carbocycles. The molecule has 5 heteroatoms. The Labute approximate surface area is 111 Å². The number of hydrogen-bond donors (Lipinski definition) is 2. The van der Waals surface area contributed by atoms with E-state index in [0.29, 0.717) is 23.2 Å². The molecule has 0 amide bonds. The van der Waals surface area contributed by atoms with Crippen molar-refractivity contribution in [3.05, 3.63) is 28.8 Å². The predicted octanol–water partition coefficient (Wildman–Crippen LogP) is 2.10. The standard InChI is InChI=1S/C13H16ClNO3/c1-18-12-5-2-9(14)6-8(12)7-11(13(16)17)15-10-3-4-10/h2,5-6,10-11,15H,3-4,7H2,1H3,(H,16,17). The number of rotatable bonds is 6. The van der Waals surface area contributed by atoms with Crippen LogP contribution in [0.15, 0.2) is 18.2 Å². The smallest absolute Gasteiger partial charge is 0.321 e. The summed E-state index contributed by atoms with van der Waals surface area (Å²) >= 11 is 5.93. The van der Waals surface area contributed by atoms with Gasteiger partial charge in [-0.2, -0.15) is 0 Å². The van der Waals surface area contributed by atoms with Gasteiger partial charge < -0.3 is 15.2 Å². The van der Waals surface area contributed by atoms with Crippen LogP contribution in [-0.2, 0) is 11.2 Å². The third-order valence-corrected chi connectivity index (χ3v) is 3.21. The summed E-state index contributed by atoms with van der Waals surface area (Å²) < 4.78 is 5.22. The number of halogens is 1. The van der Waals surface area contributed by atoms with Crippen molar-refractivity contribution in [2.75, 3.05) is 7.11 Å². The summed E-state index contributed by atoms with van der Waals surface area (Å²) in [7, 11) is 1.57. The summed E-state index contributed by atoms with van der Waals surface area (Å²) in [6.45, 7) is 0. The average Bonchev–Trinajstić information content (AvgIpc) is 3.12. The van der Waals surface area contributed by atoms with Crippen LogP contribution in [0, 0.1) is 0 Å². The normalized spacial score (nSPS) is 16.3. The zero-order valence-corrected chi connectivity index (χ0v) is 10.9. The van der Waals surface area contributed by atoms with Crippen molar-refractivity contribution < 1.29 is 14.6 Å². The summed E-state index contributed by atoms with van der Waals surface area (Å²) in [4.78, 5) is 11.2. The Morgan fingerprint density at radius 1 is 1.61 bits per heavy atom. The van der Waals surface area contributed by atoms with E-state index >= 15 is 0 Å². The number of nitrogens with one attached hydrogen (secondary N) is 1. The van der Waals surface area contributed by atoms with Crippen LogP contribution in [0.2, 0.25) is 5.02 Å². The van der Waals surface area contributed by atoms with Gasteiger partial charge in [0.2, 0.25) is 0 Å². The fourth-order valence-corrected chi connectivity index (χ4v) is 2.07. The average molecular weight is 270 g/mol. The molecular weight excluding hydrogens is 254 g/mol. The molecule has 2 N–H and O–H groups in total. The number of carbonyl (C=O) groups is 1. The van der Waals surface area contributed by atoms with Gasteiger partial charge in [-0.05, 0) is 36.6 Å². The summed E-state index contributed by atoms with van der Waals surface area (Å²) in [5.74, 6) is -0.174. The highest BCUT2D eigenvalue weighted by Crippen LogP contribution is 2.25. The second kappa shape index (κ2) is 5.59. The van der Waals surface area contributed by atoms with E-state index < -0.39 is 12.0 Å². The zero-order valence-electron chi connectivity index (χ0n) is 10.1. The molecule has 0 radical (unpaired) electrons. The van der Waals surface area contributed by atoms with E-state index in [9.17, 15) is 9.90 Å². The molecule has 1 fully saturated rings. The fraction of sp³-hybridized carbons (Fsp3) is 0.462. The molecule has 0 aromatic heterocycles. The Balaban J connectivity index is 2.13. The van der Waals surface area contributed by atoms with Gasteiger partial charge in [-0.3, -0.25) is 4.79 Å². The van der Waals surface area contributed by atoms with Gasteiger partial charge in [0.1, 0.15) is 11.8 Å². The summed E-state index contributed by atoms with van der Waals surface area (Å²) in [6, 6.07) is 4.99. The number of benzene rings is 1. The van der Waals surface area contributed by atoms with Crippen LogP contribution >= 0.6 is 11.6 Å². The van der Waals surface area contributed by atoms with E-state index in [0.717, 1.165) is 18.4 Å². The lowest BCUT2D eigenvalue weighted by molar-refractivity contribution is -0.139. The molecule has 1 atom stereocenters. The first-order valence-electron chi connectivity index (χ1n) is 5.91. The van der Waals surface area contributed by atoms with Crippen molar-refractivity contribution >= 4 is 17.6 Å². The molecular formula is C13H16ClNO3. The van der Waals surface area contributed by atoms with Crippen molar-refractivity contribution in [3.63, 3.8) is 0 Å². The van der Waals surface area contributed by atoms with Crippen LogP contribution in [0.5, 0.6) is 5.75 Å². The third kappa shape index (κ3) is 3.37. The zero-order chi connectivity index (χ0) is 13.1. The topological polar surface area (TPSA) is 58.6 Å². The first kappa shape index (κ1) is 13.2. The maximum Gasteiger partial charge on any atom is 0.321 e.